The number of aryl methyl sites for hydroxylation is 1. The molecule has 0 saturated carbocycles. The molecule has 164 valence electrons. The number of piperazine rings is 1. The molecule has 31 heavy (non-hydrogen) atoms. The van der Waals surface area contributed by atoms with Gasteiger partial charge in [0.15, 0.2) is 11.2 Å². The molecule has 3 aromatic rings. The lowest BCUT2D eigenvalue weighted by Gasteiger charge is -2.34. The summed E-state index contributed by atoms with van der Waals surface area (Å²) in [4.78, 5) is 47.5. The molecule has 0 atom stereocenters. The Balaban J connectivity index is 1.73. The van der Waals surface area contributed by atoms with Crippen molar-refractivity contribution >= 4 is 34.7 Å². The van der Waals surface area contributed by atoms with Crippen molar-refractivity contribution in [2.24, 2.45) is 7.05 Å². The van der Waals surface area contributed by atoms with Gasteiger partial charge in [0.05, 0.1) is 20.2 Å². The lowest BCUT2D eigenvalue weighted by Crippen LogP contribution is -2.48. The number of ether oxygens (including phenoxy) is 1. The van der Waals surface area contributed by atoms with Crippen molar-refractivity contribution in [3.05, 3.63) is 55.7 Å². The lowest BCUT2D eigenvalue weighted by molar-refractivity contribution is -0.142. The minimum atomic E-state index is -0.514. The van der Waals surface area contributed by atoms with Crippen LogP contribution in [0.3, 0.4) is 0 Å². The number of hydrogen-bond acceptors (Lipinski definition) is 7. The number of fused-ring (bicyclic) bond motifs is 1. The second-order valence-corrected chi connectivity index (χ2v) is 7.89. The van der Waals surface area contributed by atoms with Crippen molar-refractivity contribution in [3.8, 4) is 0 Å². The van der Waals surface area contributed by atoms with E-state index in [1.54, 1.807) is 13.1 Å². The fourth-order valence-electron chi connectivity index (χ4n) is 3.79. The van der Waals surface area contributed by atoms with Crippen molar-refractivity contribution in [3.63, 3.8) is 0 Å². The van der Waals surface area contributed by atoms with Gasteiger partial charge in [0.25, 0.3) is 5.56 Å². The first-order valence-corrected chi connectivity index (χ1v) is 10.2. The summed E-state index contributed by atoms with van der Waals surface area (Å²) in [6.45, 7) is 3.12. The average Bonchev–Trinajstić information content (AvgIpc) is 3.12. The molecule has 3 heterocycles. The molecule has 0 unspecified atom stereocenters. The molecule has 1 aromatic carbocycles. The zero-order chi connectivity index (χ0) is 22.1. The number of methoxy groups -OCH3 is 1. The molecule has 0 bridgehead atoms. The lowest BCUT2D eigenvalue weighted by atomic mass is 10.2. The molecule has 1 aliphatic rings. The van der Waals surface area contributed by atoms with E-state index in [-0.39, 0.29) is 12.5 Å². The van der Waals surface area contributed by atoms with Crippen molar-refractivity contribution in [2.75, 3.05) is 44.7 Å². The van der Waals surface area contributed by atoms with Crippen LogP contribution in [-0.4, -0.2) is 69.8 Å². The summed E-state index contributed by atoms with van der Waals surface area (Å²) >= 11 is 6.15. The average molecular weight is 447 g/mol. The number of anilines is 1. The molecule has 0 amide bonds. The third-order valence-corrected chi connectivity index (χ3v) is 5.69. The maximum absolute atomic E-state index is 12.7. The number of hydrogen-bond donors (Lipinski definition) is 1. The van der Waals surface area contributed by atoms with Crippen LogP contribution < -0.4 is 16.1 Å². The van der Waals surface area contributed by atoms with Crippen LogP contribution in [0.4, 0.5) is 5.95 Å². The van der Waals surface area contributed by atoms with Gasteiger partial charge >= 0.3 is 11.7 Å². The minimum absolute atomic E-state index is 0.234. The summed E-state index contributed by atoms with van der Waals surface area (Å²) < 4.78 is 7.90. The van der Waals surface area contributed by atoms with Gasteiger partial charge in [-0.25, -0.2) is 4.79 Å². The smallest absolute Gasteiger partial charge is 0.329 e. The van der Waals surface area contributed by atoms with Gasteiger partial charge in [-0.15, -0.1) is 0 Å². The van der Waals surface area contributed by atoms with Gasteiger partial charge in [-0.05, 0) is 17.7 Å². The molecule has 10 nitrogen and oxygen atoms in total. The number of nitrogens with zero attached hydrogens (tertiary/aromatic N) is 5. The molecule has 1 aliphatic heterocycles. The van der Waals surface area contributed by atoms with E-state index >= 15 is 0 Å². The maximum Gasteiger partial charge on any atom is 0.329 e. The molecule has 0 radical (unpaired) electrons. The quantitative estimate of drug-likeness (QED) is 0.566. The van der Waals surface area contributed by atoms with Gasteiger partial charge in [-0.1, -0.05) is 23.7 Å². The van der Waals surface area contributed by atoms with E-state index in [9.17, 15) is 14.4 Å². The molecule has 2 aromatic heterocycles. The fraction of sp³-hybridized carbons (Fsp3) is 0.400. The SMILES string of the molecule is COC(=O)CN1CCN(c2nc3c(c(=O)[nH]c(=O)n3C)n2Cc2cccc(Cl)c2)CC1. The predicted molar refractivity (Wildman–Crippen MR) is 117 cm³/mol. The van der Waals surface area contributed by atoms with Crippen LogP contribution >= 0.6 is 11.6 Å². The fourth-order valence-corrected chi connectivity index (χ4v) is 4.00. The third-order valence-electron chi connectivity index (χ3n) is 5.45. The second-order valence-electron chi connectivity index (χ2n) is 7.46. The topological polar surface area (TPSA) is 105 Å². The highest BCUT2D eigenvalue weighted by Gasteiger charge is 2.26. The normalized spacial score (nSPS) is 14.9. The number of nitrogens with one attached hydrogen (secondary N) is 1. The summed E-state index contributed by atoms with van der Waals surface area (Å²) in [5, 5.41) is 0.598. The molecule has 1 fully saturated rings. The molecule has 0 spiro atoms. The molecule has 11 heteroatoms. The van der Waals surface area contributed by atoms with Gasteiger partial charge in [-0.2, -0.15) is 4.98 Å². The number of rotatable bonds is 5. The van der Waals surface area contributed by atoms with Crippen LogP contribution in [0.25, 0.3) is 11.2 Å². The van der Waals surface area contributed by atoms with E-state index < -0.39 is 11.2 Å². The molecule has 0 aliphatic carbocycles. The Morgan fingerprint density at radius 3 is 2.65 bits per heavy atom. The van der Waals surface area contributed by atoms with Gasteiger partial charge in [-0.3, -0.25) is 28.6 Å². The predicted octanol–water partition coefficient (Wildman–Crippen LogP) is 0.420. The Labute approximate surface area is 182 Å². The minimum Gasteiger partial charge on any atom is -0.468 e. The number of benzene rings is 1. The van der Waals surface area contributed by atoms with Crippen molar-refractivity contribution < 1.29 is 9.53 Å². The number of esters is 1. The maximum atomic E-state index is 12.7. The highest BCUT2D eigenvalue weighted by molar-refractivity contribution is 6.30. The summed E-state index contributed by atoms with van der Waals surface area (Å²) in [6.07, 6.45) is 0. The summed E-state index contributed by atoms with van der Waals surface area (Å²) in [5.41, 5.74) is 0.560. The van der Waals surface area contributed by atoms with Crippen LogP contribution in [-0.2, 0) is 23.1 Å². The van der Waals surface area contributed by atoms with Gasteiger partial charge in [0.1, 0.15) is 0 Å². The number of H-pyrrole nitrogens is 1. The zero-order valence-electron chi connectivity index (χ0n) is 17.3. The Bertz CT molecular complexity index is 1240. The van der Waals surface area contributed by atoms with Gasteiger partial charge in [0.2, 0.25) is 5.95 Å². The number of carbonyl (C=O) groups excluding carboxylic acids is 1. The largest absolute Gasteiger partial charge is 0.468 e. The summed E-state index contributed by atoms with van der Waals surface area (Å²) in [7, 11) is 2.95. The Morgan fingerprint density at radius 1 is 1.23 bits per heavy atom. The van der Waals surface area contributed by atoms with E-state index in [1.807, 2.05) is 27.7 Å². The van der Waals surface area contributed by atoms with E-state index in [4.69, 9.17) is 16.3 Å². The summed E-state index contributed by atoms with van der Waals surface area (Å²) in [5.74, 6) is 0.322. The van der Waals surface area contributed by atoms with Crippen molar-refractivity contribution in [2.45, 2.75) is 6.54 Å². The van der Waals surface area contributed by atoms with Gasteiger partial charge < -0.3 is 9.64 Å². The van der Waals surface area contributed by atoms with Crippen LogP contribution in [0.15, 0.2) is 33.9 Å². The van der Waals surface area contributed by atoms with E-state index in [0.717, 1.165) is 5.56 Å². The molecule has 4 rings (SSSR count). The molecule has 1 N–H and O–H groups in total. The Kier molecular flexibility index (Phi) is 5.84. The Hall–Kier alpha value is -3.11. The van der Waals surface area contributed by atoms with E-state index in [1.165, 1.54) is 11.7 Å². The monoisotopic (exact) mass is 446 g/mol. The number of halogens is 1. The first-order chi connectivity index (χ1) is 14.9. The van der Waals surface area contributed by atoms with Crippen molar-refractivity contribution in [1.29, 1.82) is 0 Å². The van der Waals surface area contributed by atoms with Gasteiger partial charge in [0, 0.05) is 38.2 Å². The van der Waals surface area contributed by atoms with E-state index in [0.29, 0.717) is 54.9 Å². The van der Waals surface area contributed by atoms with Crippen LogP contribution in [0.1, 0.15) is 5.56 Å². The van der Waals surface area contributed by atoms with Crippen LogP contribution in [0.2, 0.25) is 5.02 Å². The second kappa shape index (κ2) is 8.56. The first kappa shape index (κ1) is 21.1. The zero-order valence-corrected chi connectivity index (χ0v) is 18.1. The van der Waals surface area contributed by atoms with Crippen LogP contribution in [0.5, 0.6) is 0 Å². The highest BCUT2D eigenvalue weighted by atomic mass is 35.5. The summed E-state index contributed by atoms with van der Waals surface area (Å²) in [6, 6.07) is 7.39. The molecular formula is C20H23ClN6O4. The molecular weight excluding hydrogens is 424 g/mol. The van der Waals surface area contributed by atoms with E-state index in [2.05, 4.69) is 14.9 Å². The highest BCUT2D eigenvalue weighted by Crippen LogP contribution is 2.23. The van der Waals surface area contributed by atoms with Crippen molar-refractivity contribution in [1.82, 2.24) is 24.0 Å². The number of aromatic nitrogens is 4. The standard InChI is InChI=1S/C20H23ClN6O4/c1-24-17-16(18(29)23-20(24)30)27(11-13-4-3-5-14(21)10-13)19(22-17)26-8-6-25(7-9-26)12-15(28)31-2/h3-5,10H,6-9,11-12H2,1-2H3,(H,23,29,30). The number of imidazole rings is 1. The van der Waals surface area contributed by atoms with Crippen LogP contribution in [0, 0.1) is 0 Å². The Morgan fingerprint density at radius 2 is 1.97 bits per heavy atom. The number of aromatic amines is 1. The third kappa shape index (κ3) is 4.21. The number of carbonyl (C=O) groups is 1. The first-order valence-electron chi connectivity index (χ1n) is 9.85. The molecule has 1 saturated heterocycles.